The highest BCUT2D eigenvalue weighted by Gasteiger charge is 2.25. The number of aromatic nitrogens is 1. The summed E-state index contributed by atoms with van der Waals surface area (Å²) in [4.78, 5) is 17.5. The molecule has 0 spiro atoms. The average Bonchev–Trinajstić information content (AvgIpc) is 3.16. The van der Waals surface area contributed by atoms with Crippen LogP contribution < -0.4 is 0 Å². The Kier molecular flexibility index (Phi) is 3.07. The molecule has 0 N–H and O–H groups in total. The van der Waals surface area contributed by atoms with Crippen LogP contribution in [0.4, 0.5) is 0 Å². The van der Waals surface area contributed by atoms with Crippen molar-refractivity contribution in [2.24, 2.45) is 0 Å². The summed E-state index contributed by atoms with van der Waals surface area (Å²) in [6.45, 7) is 0. The van der Waals surface area contributed by atoms with E-state index in [0.29, 0.717) is 11.3 Å². The van der Waals surface area contributed by atoms with E-state index in [-0.39, 0.29) is 5.78 Å². The molecule has 3 heteroatoms. The molecule has 1 aliphatic carbocycles. The molecule has 2 aromatic carbocycles. The normalized spacial score (nSPS) is 15.8. The molecule has 3 nitrogen and oxygen atoms in total. The topological polar surface area (TPSA) is 43.1 Å². The number of Topliss-reactive ketones (excluding diaryl/α,β-unsaturated/α-hetero) is 1. The maximum Gasteiger partial charge on any atom is 0.191 e. The second kappa shape index (κ2) is 5.42. The average molecular weight is 325 g/mol. The van der Waals surface area contributed by atoms with E-state index < -0.39 is 0 Å². The van der Waals surface area contributed by atoms with Gasteiger partial charge in [0.05, 0.1) is 11.8 Å². The second-order valence-corrected chi connectivity index (χ2v) is 6.35. The Morgan fingerprint density at radius 3 is 2.80 bits per heavy atom. The number of carbonyl (C=O) groups excluding carboxylic acids is 1. The van der Waals surface area contributed by atoms with Crippen LogP contribution in [-0.4, -0.2) is 10.8 Å². The van der Waals surface area contributed by atoms with Gasteiger partial charge >= 0.3 is 0 Å². The zero-order valence-corrected chi connectivity index (χ0v) is 13.5. The van der Waals surface area contributed by atoms with E-state index in [1.54, 1.807) is 12.5 Å². The summed E-state index contributed by atoms with van der Waals surface area (Å²) < 4.78 is 5.36. The fourth-order valence-corrected chi connectivity index (χ4v) is 3.72. The molecule has 0 bridgehead atoms. The largest absolute Gasteiger partial charge is 0.465 e. The molecule has 4 aromatic rings. The molecule has 0 atom stereocenters. The molecule has 2 aromatic heterocycles. The zero-order valence-electron chi connectivity index (χ0n) is 13.5. The predicted molar refractivity (Wildman–Crippen MR) is 98.6 cm³/mol. The van der Waals surface area contributed by atoms with Crippen molar-refractivity contribution in [1.82, 2.24) is 4.98 Å². The summed E-state index contributed by atoms with van der Waals surface area (Å²) in [6.07, 6.45) is 6.74. The van der Waals surface area contributed by atoms with Gasteiger partial charge in [-0.25, -0.2) is 0 Å². The molecule has 5 rings (SSSR count). The van der Waals surface area contributed by atoms with E-state index in [4.69, 9.17) is 4.42 Å². The van der Waals surface area contributed by atoms with Crippen molar-refractivity contribution in [2.75, 3.05) is 0 Å². The smallest absolute Gasteiger partial charge is 0.191 e. The van der Waals surface area contributed by atoms with E-state index in [1.807, 2.05) is 36.4 Å². The maximum absolute atomic E-state index is 13.0. The number of carbonyl (C=O) groups is 1. The summed E-state index contributed by atoms with van der Waals surface area (Å²) in [7, 11) is 0. The van der Waals surface area contributed by atoms with Crippen LogP contribution in [0.25, 0.3) is 27.8 Å². The van der Waals surface area contributed by atoms with Gasteiger partial charge in [-0.1, -0.05) is 30.3 Å². The highest BCUT2D eigenvalue weighted by atomic mass is 16.3. The Morgan fingerprint density at radius 2 is 1.92 bits per heavy atom. The lowest BCUT2D eigenvalue weighted by Gasteiger charge is -2.19. The highest BCUT2D eigenvalue weighted by Crippen LogP contribution is 2.34. The lowest BCUT2D eigenvalue weighted by molar-refractivity contribution is 0.102. The van der Waals surface area contributed by atoms with Crippen LogP contribution in [0.5, 0.6) is 0 Å². The van der Waals surface area contributed by atoms with Crippen LogP contribution in [-0.2, 0) is 6.42 Å². The van der Waals surface area contributed by atoms with Gasteiger partial charge in [0.15, 0.2) is 5.78 Å². The van der Waals surface area contributed by atoms with E-state index in [0.717, 1.165) is 40.3 Å². The van der Waals surface area contributed by atoms with Crippen molar-refractivity contribution >= 4 is 33.5 Å². The van der Waals surface area contributed by atoms with Gasteiger partial charge in [0.25, 0.3) is 0 Å². The maximum atomic E-state index is 13.0. The first-order valence-electron chi connectivity index (χ1n) is 8.39. The van der Waals surface area contributed by atoms with E-state index in [9.17, 15) is 4.79 Å². The molecule has 2 heterocycles. The molecular formula is C22H15NO2. The molecule has 0 radical (unpaired) electrons. The Hall–Kier alpha value is -3.20. The van der Waals surface area contributed by atoms with Gasteiger partial charge in [-0.05, 0) is 53.5 Å². The van der Waals surface area contributed by atoms with Crippen molar-refractivity contribution in [3.05, 3.63) is 83.5 Å². The Morgan fingerprint density at radius 1 is 1.00 bits per heavy atom. The fraction of sp³-hybridized carbons (Fsp3) is 0.0909. The first-order valence-corrected chi connectivity index (χ1v) is 8.39. The quantitative estimate of drug-likeness (QED) is 0.357. The van der Waals surface area contributed by atoms with Crippen molar-refractivity contribution in [1.29, 1.82) is 0 Å². The molecule has 1 aliphatic rings. The van der Waals surface area contributed by atoms with Crippen LogP contribution >= 0.6 is 0 Å². The molecule has 0 aliphatic heterocycles. The zero-order chi connectivity index (χ0) is 16.8. The van der Waals surface area contributed by atoms with Crippen molar-refractivity contribution in [3.63, 3.8) is 0 Å². The molecule has 0 fully saturated rings. The summed E-state index contributed by atoms with van der Waals surface area (Å²) in [6, 6.07) is 16.1. The molecule has 0 saturated heterocycles. The first kappa shape index (κ1) is 14.2. The van der Waals surface area contributed by atoms with Gasteiger partial charge in [-0.2, -0.15) is 0 Å². The highest BCUT2D eigenvalue weighted by molar-refractivity contribution is 6.17. The van der Waals surface area contributed by atoms with Crippen molar-refractivity contribution in [2.45, 2.75) is 12.8 Å². The van der Waals surface area contributed by atoms with E-state index in [1.165, 1.54) is 5.39 Å². The predicted octanol–water partition coefficient (Wildman–Crippen LogP) is 5.19. The Bertz CT molecular complexity index is 1150. The number of fused-ring (bicyclic) bond motifs is 5. The lowest BCUT2D eigenvalue weighted by atomic mass is 9.84. The summed E-state index contributed by atoms with van der Waals surface area (Å²) >= 11 is 0. The SMILES string of the molecule is O=C1/C(=C\c2ccco2)CCc2c1cnc1ccc3ccccc3c21. The van der Waals surface area contributed by atoms with Crippen LogP contribution in [0.3, 0.4) is 0 Å². The number of nitrogens with zero attached hydrogens (tertiary/aromatic N) is 1. The van der Waals surface area contributed by atoms with Gasteiger partial charge in [-0.3, -0.25) is 9.78 Å². The minimum Gasteiger partial charge on any atom is -0.465 e. The van der Waals surface area contributed by atoms with Gasteiger partial charge in [0, 0.05) is 22.7 Å². The van der Waals surface area contributed by atoms with E-state index in [2.05, 4.69) is 23.2 Å². The molecule has 0 amide bonds. The van der Waals surface area contributed by atoms with Crippen LogP contribution in [0.2, 0.25) is 0 Å². The molecule has 0 saturated carbocycles. The second-order valence-electron chi connectivity index (χ2n) is 6.35. The monoisotopic (exact) mass is 325 g/mol. The number of pyridine rings is 1. The standard InChI is InChI=1S/C22H15NO2/c24-22-15(12-16-5-3-11-25-16)7-9-18-19(22)13-23-20-10-8-14-4-1-2-6-17(14)21(18)20/h1-6,8,10-13H,7,9H2/b15-12-. The van der Waals surface area contributed by atoms with Gasteiger partial charge in [0.1, 0.15) is 5.76 Å². The number of ketones is 1. The number of hydrogen-bond donors (Lipinski definition) is 0. The molecular weight excluding hydrogens is 310 g/mol. The van der Waals surface area contributed by atoms with Gasteiger partial charge < -0.3 is 4.42 Å². The number of aryl methyl sites for hydroxylation is 1. The third kappa shape index (κ3) is 2.20. The van der Waals surface area contributed by atoms with Crippen LogP contribution in [0, 0.1) is 0 Å². The molecule has 25 heavy (non-hydrogen) atoms. The van der Waals surface area contributed by atoms with Gasteiger partial charge in [0.2, 0.25) is 0 Å². The minimum atomic E-state index is 0.0555. The summed E-state index contributed by atoms with van der Waals surface area (Å²) in [5.74, 6) is 0.769. The number of furan rings is 1. The van der Waals surface area contributed by atoms with Gasteiger partial charge in [-0.15, -0.1) is 0 Å². The number of hydrogen-bond acceptors (Lipinski definition) is 3. The molecule has 0 unspecified atom stereocenters. The van der Waals surface area contributed by atoms with Crippen LogP contribution in [0.15, 0.2) is 71.0 Å². The number of rotatable bonds is 1. The van der Waals surface area contributed by atoms with E-state index >= 15 is 0 Å². The number of benzene rings is 2. The third-order valence-electron chi connectivity index (χ3n) is 4.91. The lowest BCUT2D eigenvalue weighted by Crippen LogP contribution is -2.15. The third-order valence-corrected chi connectivity index (χ3v) is 4.91. The van der Waals surface area contributed by atoms with Crippen LogP contribution in [0.1, 0.15) is 28.1 Å². The van der Waals surface area contributed by atoms with Crippen molar-refractivity contribution < 1.29 is 9.21 Å². The number of allylic oxidation sites excluding steroid dienone is 1. The van der Waals surface area contributed by atoms with Crippen molar-refractivity contribution in [3.8, 4) is 0 Å². The fourth-order valence-electron chi connectivity index (χ4n) is 3.72. The Labute approximate surface area is 144 Å². The summed E-state index contributed by atoms with van der Waals surface area (Å²) in [5, 5.41) is 3.45. The first-order chi connectivity index (χ1) is 12.3. The summed E-state index contributed by atoms with van der Waals surface area (Å²) in [5.41, 5.74) is 3.56. The minimum absolute atomic E-state index is 0.0555. The molecule has 120 valence electrons. The Balaban J connectivity index is 1.74.